The van der Waals surface area contributed by atoms with Crippen LogP contribution in [-0.2, 0) is 19.3 Å². The number of carbonyl (C=O) groups excluding carboxylic acids is 1. The highest BCUT2D eigenvalue weighted by atomic mass is 16.5. The van der Waals surface area contributed by atoms with Crippen molar-refractivity contribution in [3.8, 4) is 5.75 Å². The molecule has 3 aromatic rings. The number of Topliss-reactive ketones (excluding diaryl/α,β-unsaturated/α-hetero) is 1. The van der Waals surface area contributed by atoms with Crippen molar-refractivity contribution < 1.29 is 9.53 Å². The van der Waals surface area contributed by atoms with Gasteiger partial charge < -0.3 is 9.64 Å². The van der Waals surface area contributed by atoms with Crippen molar-refractivity contribution in [3.63, 3.8) is 0 Å². The number of rotatable bonds is 8. The number of ketones is 1. The van der Waals surface area contributed by atoms with E-state index in [2.05, 4.69) is 45.2 Å². The van der Waals surface area contributed by atoms with Crippen LogP contribution >= 0.6 is 0 Å². The monoisotopic (exact) mass is 451 g/mol. The van der Waals surface area contributed by atoms with Crippen LogP contribution in [-0.4, -0.2) is 40.6 Å². The van der Waals surface area contributed by atoms with Gasteiger partial charge in [0.1, 0.15) is 11.9 Å². The number of aryl methyl sites for hydroxylation is 1. The molecule has 34 heavy (non-hydrogen) atoms. The Labute approximate surface area is 200 Å². The van der Waals surface area contributed by atoms with Gasteiger partial charge in [0, 0.05) is 29.9 Å². The van der Waals surface area contributed by atoms with Gasteiger partial charge in [-0.2, -0.15) is 0 Å². The van der Waals surface area contributed by atoms with Gasteiger partial charge in [-0.05, 0) is 67.0 Å². The van der Waals surface area contributed by atoms with Crippen LogP contribution in [0.5, 0.6) is 5.75 Å². The highest BCUT2D eigenvalue weighted by Crippen LogP contribution is 2.38. The third-order valence-electron chi connectivity index (χ3n) is 7.28. The fourth-order valence-corrected chi connectivity index (χ4v) is 5.32. The van der Waals surface area contributed by atoms with Crippen LogP contribution in [0.15, 0.2) is 72.0 Å². The maximum Gasteiger partial charge on any atom is 0.163 e. The van der Waals surface area contributed by atoms with Gasteiger partial charge in [0.05, 0.1) is 25.0 Å². The second-order valence-corrected chi connectivity index (χ2v) is 9.56. The Hall–Kier alpha value is -3.47. The zero-order valence-electron chi connectivity index (χ0n) is 19.3. The van der Waals surface area contributed by atoms with Crippen molar-refractivity contribution in [2.75, 3.05) is 6.54 Å². The molecular formula is C29H29N3O2. The lowest BCUT2D eigenvalue weighted by atomic mass is 9.85. The van der Waals surface area contributed by atoms with Crippen LogP contribution in [0.1, 0.15) is 58.0 Å². The van der Waals surface area contributed by atoms with Crippen molar-refractivity contribution in [1.82, 2.24) is 9.88 Å². The third kappa shape index (κ3) is 4.23. The molecule has 1 saturated carbocycles. The van der Waals surface area contributed by atoms with Crippen LogP contribution in [0.25, 0.3) is 0 Å². The van der Waals surface area contributed by atoms with E-state index in [1.807, 2.05) is 36.8 Å². The summed E-state index contributed by atoms with van der Waals surface area (Å²) in [5, 5.41) is 0. The lowest BCUT2D eigenvalue weighted by Crippen LogP contribution is -2.31. The van der Waals surface area contributed by atoms with Crippen molar-refractivity contribution >= 4 is 12.1 Å². The molecule has 2 heterocycles. The minimum Gasteiger partial charge on any atom is -0.484 e. The predicted octanol–water partition coefficient (Wildman–Crippen LogP) is 4.99. The second kappa shape index (κ2) is 9.05. The van der Waals surface area contributed by atoms with Crippen molar-refractivity contribution in [2.24, 2.45) is 4.99 Å². The summed E-state index contributed by atoms with van der Waals surface area (Å²) in [6, 6.07) is 19.6. The number of benzene rings is 2. The van der Waals surface area contributed by atoms with Crippen molar-refractivity contribution in [3.05, 3.63) is 94.8 Å². The summed E-state index contributed by atoms with van der Waals surface area (Å²) < 4.78 is 6.80. The summed E-state index contributed by atoms with van der Waals surface area (Å²) in [6.07, 6.45) is 10.9. The molecule has 0 N–H and O–H groups in total. The van der Waals surface area contributed by atoms with Crippen LogP contribution in [0.3, 0.4) is 0 Å². The highest BCUT2D eigenvalue weighted by Gasteiger charge is 2.45. The molecule has 2 aliphatic carbocycles. The zero-order valence-corrected chi connectivity index (χ0v) is 19.3. The number of aliphatic imine (C=N–C) groups is 1. The SMILES string of the molecule is O=C1CCCc2c1ccc(O[C@H](CN1C=NC3CC31)c1cccnc1)c2CCc1ccccc1. The van der Waals surface area contributed by atoms with Crippen molar-refractivity contribution in [1.29, 1.82) is 0 Å². The maximum absolute atomic E-state index is 12.7. The first-order valence-electron chi connectivity index (χ1n) is 12.3. The summed E-state index contributed by atoms with van der Waals surface area (Å²) >= 11 is 0. The van der Waals surface area contributed by atoms with E-state index in [4.69, 9.17) is 4.74 Å². The Balaban J connectivity index is 1.33. The Morgan fingerprint density at radius 1 is 1.03 bits per heavy atom. The summed E-state index contributed by atoms with van der Waals surface area (Å²) in [7, 11) is 0. The molecule has 172 valence electrons. The smallest absolute Gasteiger partial charge is 0.163 e. The Morgan fingerprint density at radius 2 is 1.94 bits per heavy atom. The topological polar surface area (TPSA) is 54.8 Å². The molecule has 6 rings (SSSR count). The van der Waals surface area contributed by atoms with Gasteiger partial charge in [-0.15, -0.1) is 0 Å². The van der Waals surface area contributed by atoms with E-state index in [9.17, 15) is 4.79 Å². The Kier molecular flexibility index (Phi) is 5.61. The fourth-order valence-electron chi connectivity index (χ4n) is 5.32. The molecule has 0 radical (unpaired) electrons. The first kappa shape index (κ1) is 21.1. The number of aromatic nitrogens is 1. The highest BCUT2D eigenvalue weighted by molar-refractivity contribution is 5.99. The van der Waals surface area contributed by atoms with E-state index in [0.717, 1.165) is 55.5 Å². The van der Waals surface area contributed by atoms with E-state index in [-0.39, 0.29) is 11.9 Å². The molecule has 2 unspecified atom stereocenters. The van der Waals surface area contributed by atoms with Gasteiger partial charge in [-0.1, -0.05) is 36.4 Å². The largest absolute Gasteiger partial charge is 0.484 e. The number of carbonyl (C=O) groups is 1. The number of nitrogens with zero attached hydrogens (tertiary/aromatic N) is 3. The minimum atomic E-state index is -0.160. The van der Waals surface area contributed by atoms with E-state index in [1.165, 1.54) is 16.7 Å². The number of pyridine rings is 1. The molecular weight excluding hydrogens is 422 g/mol. The number of hydrogen-bond acceptors (Lipinski definition) is 5. The van der Waals surface area contributed by atoms with E-state index < -0.39 is 0 Å². The Morgan fingerprint density at radius 3 is 2.71 bits per heavy atom. The molecule has 2 aromatic carbocycles. The zero-order chi connectivity index (χ0) is 22.9. The molecule has 3 atom stereocenters. The average molecular weight is 452 g/mol. The summed E-state index contributed by atoms with van der Waals surface area (Å²) in [6.45, 7) is 0.741. The molecule has 5 nitrogen and oxygen atoms in total. The van der Waals surface area contributed by atoms with Gasteiger partial charge in [-0.25, -0.2) is 0 Å². The summed E-state index contributed by atoms with van der Waals surface area (Å²) in [5.41, 5.74) is 5.60. The van der Waals surface area contributed by atoms with Gasteiger partial charge in [-0.3, -0.25) is 14.8 Å². The van der Waals surface area contributed by atoms with Gasteiger partial charge >= 0.3 is 0 Å². The van der Waals surface area contributed by atoms with Crippen LogP contribution in [0.4, 0.5) is 0 Å². The normalized spacial score (nSPS) is 21.2. The molecule has 1 aliphatic heterocycles. The van der Waals surface area contributed by atoms with Crippen LogP contribution < -0.4 is 4.74 Å². The molecule has 1 fully saturated rings. The Bertz CT molecular complexity index is 1210. The fraction of sp³-hybridized carbons (Fsp3) is 0.345. The molecule has 3 aliphatic rings. The van der Waals surface area contributed by atoms with E-state index in [0.29, 0.717) is 18.5 Å². The van der Waals surface area contributed by atoms with Crippen molar-refractivity contribution in [2.45, 2.75) is 56.7 Å². The predicted molar refractivity (Wildman–Crippen MR) is 133 cm³/mol. The first-order valence-corrected chi connectivity index (χ1v) is 12.3. The lowest BCUT2D eigenvalue weighted by molar-refractivity contribution is 0.0972. The number of ether oxygens (including phenoxy) is 1. The van der Waals surface area contributed by atoms with Crippen LogP contribution in [0, 0.1) is 0 Å². The van der Waals surface area contributed by atoms with E-state index >= 15 is 0 Å². The van der Waals surface area contributed by atoms with Gasteiger partial charge in [0.25, 0.3) is 0 Å². The average Bonchev–Trinajstić information content (AvgIpc) is 3.56. The lowest BCUT2D eigenvalue weighted by Gasteiger charge is -2.28. The number of fused-ring (bicyclic) bond motifs is 2. The maximum atomic E-state index is 12.7. The standard InChI is InChI=1S/C29H29N3O2/c33-27-10-4-9-22-23(27)13-14-28(24(22)12-11-20-6-2-1-3-7-20)34-29(21-8-5-15-30-17-21)18-32-19-31-25-16-26(25)32/h1-3,5-8,13-15,17,19,25-26,29H,4,9-12,16,18H2/t25?,26?,29-/m1/s1. The quantitative estimate of drug-likeness (QED) is 0.484. The van der Waals surface area contributed by atoms with Crippen LogP contribution in [0.2, 0.25) is 0 Å². The molecule has 0 bridgehead atoms. The summed E-state index contributed by atoms with van der Waals surface area (Å²) in [5.74, 6) is 1.15. The molecule has 0 amide bonds. The minimum absolute atomic E-state index is 0.160. The molecule has 5 heteroatoms. The van der Waals surface area contributed by atoms with E-state index in [1.54, 1.807) is 6.20 Å². The van der Waals surface area contributed by atoms with Gasteiger partial charge in [0.2, 0.25) is 0 Å². The molecule has 0 saturated heterocycles. The number of hydrogen-bond donors (Lipinski definition) is 0. The second-order valence-electron chi connectivity index (χ2n) is 9.56. The first-order chi connectivity index (χ1) is 16.8. The molecule has 1 aromatic heterocycles. The summed E-state index contributed by atoms with van der Waals surface area (Å²) in [4.78, 5) is 23.9. The third-order valence-corrected chi connectivity index (χ3v) is 7.28. The van der Waals surface area contributed by atoms with Gasteiger partial charge in [0.15, 0.2) is 5.78 Å². The molecule has 0 spiro atoms.